The molecule has 0 spiro atoms. The lowest BCUT2D eigenvalue weighted by Crippen LogP contribution is -2.50. The second-order valence-corrected chi connectivity index (χ2v) is 7.73. The molecule has 0 aromatic heterocycles. The van der Waals surface area contributed by atoms with Gasteiger partial charge in [-0.15, -0.1) is 0 Å². The van der Waals surface area contributed by atoms with Crippen LogP contribution >= 0.6 is 0 Å². The summed E-state index contributed by atoms with van der Waals surface area (Å²) in [5.41, 5.74) is 2.38. The minimum Gasteiger partial charge on any atom is -0.497 e. The normalized spacial score (nSPS) is 15.4. The molecule has 3 N–H and O–H groups in total. The molecular formula is C24H33N5O2. The molecule has 1 saturated heterocycles. The van der Waals surface area contributed by atoms with Gasteiger partial charge in [0.05, 0.1) is 13.7 Å². The standard InChI is InChI=1S/C24H33N5O2/c1-25-24(27-17-23(30)26-16-19-8-10-22(31-2)11-9-19)28-21-12-14-29(15-13-21)18-20-6-4-3-5-7-20/h3-11,21H,12-18H2,1-2H3,(H,26,30)(H2,25,27,28). The minimum absolute atomic E-state index is 0.0727. The van der Waals surface area contributed by atoms with Crippen molar-refractivity contribution in [2.45, 2.75) is 32.0 Å². The van der Waals surface area contributed by atoms with E-state index in [1.165, 1.54) is 5.56 Å². The van der Waals surface area contributed by atoms with Crippen LogP contribution in [0.3, 0.4) is 0 Å². The SMILES string of the molecule is CN=C(NCC(=O)NCc1ccc(OC)cc1)NC1CCN(Cc2ccccc2)CC1. The van der Waals surface area contributed by atoms with Crippen molar-refractivity contribution in [3.05, 3.63) is 65.7 Å². The molecule has 0 saturated carbocycles. The molecule has 1 aliphatic heterocycles. The molecular weight excluding hydrogens is 390 g/mol. The first-order chi connectivity index (χ1) is 15.2. The fraction of sp³-hybridized carbons (Fsp3) is 0.417. The molecule has 1 heterocycles. The summed E-state index contributed by atoms with van der Waals surface area (Å²) >= 11 is 0. The molecule has 0 bridgehead atoms. The van der Waals surface area contributed by atoms with Gasteiger partial charge in [-0.1, -0.05) is 42.5 Å². The van der Waals surface area contributed by atoms with Gasteiger partial charge in [-0.2, -0.15) is 0 Å². The largest absolute Gasteiger partial charge is 0.497 e. The summed E-state index contributed by atoms with van der Waals surface area (Å²) in [6, 6.07) is 18.6. The monoisotopic (exact) mass is 423 g/mol. The maximum Gasteiger partial charge on any atom is 0.239 e. The van der Waals surface area contributed by atoms with Crippen LogP contribution in [0.4, 0.5) is 0 Å². The molecule has 7 nitrogen and oxygen atoms in total. The van der Waals surface area contributed by atoms with Gasteiger partial charge in [0, 0.05) is 39.3 Å². The Morgan fingerprint density at radius 3 is 2.39 bits per heavy atom. The topological polar surface area (TPSA) is 78.0 Å². The van der Waals surface area contributed by atoms with Crippen LogP contribution in [0.5, 0.6) is 5.75 Å². The molecule has 2 aromatic rings. The first kappa shape index (κ1) is 22.6. The Morgan fingerprint density at radius 2 is 1.74 bits per heavy atom. The first-order valence-electron chi connectivity index (χ1n) is 10.8. The Labute approximate surface area is 184 Å². The molecule has 2 aromatic carbocycles. The molecule has 7 heteroatoms. The van der Waals surface area contributed by atoms with Crippen molar-refractivity contribution in [3.63, 3.8) is 0 Å². The van der Waals surface area contributed by atoms with Crippen molar-refractivity contribution in [2.75, 3.05) is 33.8 Å². The number of nitrogens with one attached hydrogen (secondary N) is 3. The third kappa shape index (κ3) is 7.61. The number of methoxy groups -OCH3 is 1. The molecule has 3 rings (SSSR count). The molecule has 0 unspecified atom stereocenters. The Morgan fingerprint density at radius 1 is 1.03 bits per heavy atom. The number of hydrogen-bond acceptors (Lipinski definition) is 4. The highest BCUT2D eigenvalue weighted by Gasteiger charge is 2.20. The lowest BCUT2D eigenvalue weighted by atomic mass is 10.0. The lowest BCUT2D eigenvalue weighted by molar-refractivity contribution is -0.120. The number of rotatable bonds is 8. The van der Waals surface area contributed by atoms with Crippen molar-refractivity contribution in [3.8, 4) is 5.75 Å². The maximum absolute atomic E-state index is 12.2. The average Bonchev–Trinajstić information content (AvgIpc) is 2.82. The number of carbonyl (C=O) groups is 1. The number of carbonyl (C=O) groups excluding carboxylic acids is 1. The van der Waals surface area contributed by atoms with Crippen LogP contribution in [0.1, 0.15) is 24.0 Å². The number of piperidine rings is 1. The summed E-state index contributed by atoms with van der Waals surface area (Å²) in [6.07, 6.45) is 2.11. The second kappa shape index (κ2) is 12.0. The highest BCUT2D eigenvalue weighted by atomic mass is 16.5. The van der Waals surface area contributed by atoms with E-state index in [-0.39, 0.29) is 12.5 Å². The number of likely N-dealkylation sites (tertiary alicyclic amines) is 1. The van der Waals surface area contributed by atoms with Crippen LogP contribution in [-0.2, 0) is 17.9 Å². The minimum atomic E-state index is -0.0727. The van der Waals surface area contributed by atoms with Gasteiger partial charge < -0.3 is 20.7 Å². The van der Waals surface area contributed by atoms with E-state index in [2.05, 4.69) is 56.2 Å². The molecule has 1 amide bonds. The van der Waals surface area contributed by atoms with E-state index >= 15 is 0 Å². The van der Waals surface area contributed by atoms with Gasteiger partial charge in [0.25, 0.3) is 0 Å². The van der Waals surface area contributed by atoms with Crippen molar-refractivity contribution in [1.82, 2.24) is 20.9 Å². The number of aliphatic imine (C=N–C) groups is 1. The van der Waals surface area contributed by atoms with Gasteiger partial charge in [0.2, 0.25) is 5.91 Å². The third-order valence-corrected chi connectivity index (χ3v) is 5.47. The number of nitrogens with zero attached hydrogens (tertiary/aromatic N) is 2. The fourth-order valence-corrected chi connectivity index (χ4v) is 3.64. The Kier molecular flexibility index (Phi) is 8.72. The average molecular weight is 424 g/mol. The van der Waals surface area contributed by atoms with E-state index in [9.17, 15) is 4.79 Å². The zero-order chi connectivity index (χ0) is 21.9. The molecule has 166 valence electrons. The zero-order valence-corrected chi connectivity index (χ0v) is 18.4. The summed E-state index contributed by atoms with van der Waals surface area (Å²) in [5.74, 6) is 1.40. The molecule has 0 radical (unpaired) electrons. The van der Waals surface area contributed by atoms with Gasteiger partial charge in [-0.25, -0.2) is 0 Å². The smallest absolute Gasteiger partial charge is 0.239 e. The number of hydrogen-bond donors (Lipinski definition) is 3. The van der Waals surface area contributed by atoms with Crippen LogP contribution in [-0.4, -0.2) is 56.6 Å². The van der Waals surface area contributed by atoms with E-state index in [1.807, 2.05) is 24.3 Å². The lowest BCUT2D eigenvalue weighted by Gasteiger charge is -2.33. The maximum atomic E-state index is 12.2. The highest BCUT2D eigenvalue weighted by Crippen LogP contribution is 2.14. The number of guanidine groups is 1. The van der Waals surface area contributed by atoms with E-state index in [4.69, 9.17) is 4.74 Å². The van der Waals surface area contributed by atoms with Crippen LogP contribution in [0.2, 0.25) is 0 Å². The predicted octanol–water partition coefficient (Wildman–Crippen LogP) is 2.14. The predicted molar refractivity (Wildman–Crippen MR) is 124 cm³/mol. The van der Waals surface area contributed by atoms with Crippen LogP contribution in [0.15, 0.2) is 59.6 Å². The Balaban J connectivity index is 1.34. The Hall–Kier alpha value is -3.06. The van der Waals surface area contributed by atoms with Crippen molar-refractivity contribution >= 4 is 11.9 Å². The van der Waals surface area contributed by atoms with Gasteiger partial charge in [-0.05, 0) is 36.1 Å². The van der Waals surface area contributed by atoms with Crippen molar-refractivity contribution < 1.29 is 9.53 Å². The number of ether oxygens (including phenoxy) is 1. The van der Waals surface area contributed by atoms with Gasteiger partial charge >= 0.3 is 0 Å². The summed E-state index contributed by atoms with van der Waals surface area (Å²) < 4.78 is 5.15. The van der Waals surface area contributed by atoms with Gasteiger partial charge in [0.15, 0.2) is 5.96 Å². The fourth-order valence-electron chi connectivity index (χ4n) is 3.64. The van der Waals surface area contributed by atoms with E-state index in [0.29, 0.717) is 18.5 Å². The summed E-state index contributed by atoms with van der Waals surface area (Å²) in [5, 5.41) is 9.48. The first-order valence-corrected chi connectivity index (χ1v) is 10.8. The summed E-state index contributed by atoms with van der Waals surface area (Å²) in [6.45, 7) is 3.76. The molecule has 0 aliphatic carbocycles. The molecule has 1 fully saturated rings. The molecule has 0 atom stereocenters. The second-order valence-electron chi connectivity index (χ2n) is 7.73. The Bertz CT molecular complexity index is 831. The van der Waals surface area contributed by atoms with Crippen LogP contribution in [0.25, 0.3) is 0 Å². The van der Waals surface area contributed by atoms with Gasteiger partial charge in [-0.3, -0.25) is 14.7 Å². The van der Waals surface area contributed by atoms with Crippen LogP contribution in [0, 0.1) is 0 Å². The zero-order valence-electron chi connectivity index (χ0n) is 18.4. The van der Waals surface area contributed by atoms with Crippen LogP contribution < -0.4 is 20.7 Å². The molecule has 1 aliphatic rings. The summed E-state index contributed by atoms with van der Waals surface area (Å²) in [4.78, 5) is 18.9. The van der Waals surface area contributed by atoms with Crippen molar-refractivity contribution in [1.29, 1.82) is 0 Å². The van der Waals surface area contributed by atoms with Gasteiger partial charge in [0.1, 0.15) is 5.75 Å². The number of benzene rings is 2. The quantitative estimate of drug-likeness (QED) is 0.448. The van der Waals surface area contributed by atoms with Crippen molar-refractivity contribution in [2.24, 2.45) is 4.99 Å². The number of amides is 1. The summed E-state index contributed by atoms with van der Waals surface area (Å²) in [7, 11) is 3.37. The third-order valence-electron chi connectivity index (χ3n) is 5.47. The van der Waals surface area contributed by atoms with E-state index < -0.39 is 0 Å². The van der Waals surface area contributed by atoms with E-state index in [1.54, 1.807) is 14.2 Å². The highest BCUT2D eigenvalue weighted by molar-refractivity contribution is 5.86. The van der Waals surface area contributed by atoms with E-state index in [0.717, 1.165) is 43.8 Å². The molecule has 31 heavy (non-hydrogen) atoms.